The summed E-state index contributed by atoms with van der Waals surface area (Å²) in [7, 11) is 0. The van der Waals surface area contributed by atoms with Gasteiger partial charge in [-0.25, -0.2) is 0 Å². The Morgan fingerprint density at radius 1 is 1.11 bits per heavy atom. The molecule has 0 atom stereocenters. The van der Waals surface area contributed by atoms with Crippen molar-refractivity contribution in [2.45, 2.75) is 53.4 Å². The van der Waals surface area contributed by atoms with E-state index in [1.165, 1.54) is 16.7 Å². The van der Waals surface area contributed by atoms with Crippen molar-refractivity contribution in [3.05, 3.63) is 28.8 Å². The third kappa shape index (κ3) is 3.37. The molecule has 2 rings (SSSR count). The van der Waals surface area contributed by atoms with Crippen LogP contribution in [0.3, 0.4) is 0 Å². The van der Waals surface area contributed by atoms with Crippen molar-refractivity contribution in [3.63, 3.8) is 0 Å². The van der Waals surface area contributed by atoms with E-state index in [2.05, 4.69) is 27.7 Å². The highest BCUT2D eigenvalue weighted by atomic mass is 16.5. The molecule has 0 radical (unpaired) electrons. The second-order valence-corrected chi connectivity index (χ2v) is 6.06. The summed E-state index contributed by atoms with van der Waals surface area (Å²) in [5.41, 5.74) is 3.63. The Balaban J connectivity index is 0.00000200. The molecule has 2 heteroatoms. The molecule has 1 aromatic rings. The molecule has 0 saturated heterocycles. The SMILES string of the molecule is Cc1cc(OC(=O)C2CCC(C)CC2)cc(C)c1C.[HH]. The van der Waals surface area contributed by atoms with Gasteiger partial charge in [-0.3, -0.25) is 4.79 Å². The van der Waals surface area contributed by atoms with Crippen molar-refractivity contribution in [2.24, 2.45) is 11.8 Å². The topological polar surface area (TPSA) is 26.3 Å². The number of benzene rings is 1. The molecule has 1 aliphatic carbocycles. The minimum absolute atomic E-state index is 0. The van der Waals surface area contributed by atoms with Crippen LogP contribution in [0.2, 0.25) is 0 Å². The zero-order valence-electron chi connectivity index (χ0n) is 12.5. The van der Waals surface area contributed by atoms with Crippen LogP contribution in [0.1, 0.15) is 50.7 Å². The average molecular weight is 262 g/mol. The number of ether oxygens (including phenoxy) is 1. The van der Waals surface area contributed by atoms with Crippen molar-refractivity contribution in [1.82, 2.24) is 0 Å². The molecule has 0 heterocycles. The molecule has 0 bridgehead atoms. The first-order valence-corrected chi connectivity index (χ1v) is 7.27. The average Bonchev–Trinajstić information content (AvgIpc) is 2.36. The van der Waals surface area contributed by atoms with Crippen molar-refractivity contribution < 1.29 is 11.0 Å². The van der Waals surface area contributed by atoms with Gasteiger partial charge in [0.2, 0.25) is 0 Å². The molecule has 0 aliphatic heterocycles. The summed E-state index contributed by atoms with van der Waals surface area (Å²) in [4.78, 5) is 12.2. The van der Waals surface area contributed by atoms with Crippen molar-refractivity contribution in [3.8, 4) is 5.75 Å². The zero-order valence-corrected chi connectivity index (χ0v) is 12.5. The van der Waals surface area contributed by atoms with Crippen LogP contribution in [-0.4, -0.2) is 5.97 Å². The maximum atomic E-state index is 12.2. The maximum absolute atomic E-state index is 12.2. The lowest BCUT2D eigenvalue weighted by molar-refractivity contribution is -0.140. The van der Waals surface area contributed by atoms with Gasteiger partial charge in [0.25, 0.3) is 0 Å². The molecule has 2 nitrogen and oxygen atoms in total. The van der Waals surface area contributed by atoms with E-state index in [0.717, 1.165) is 31.6 Å². The van der Waals surface area contributed by atoms with E-state index in [-0.39, 0.29) is 13.3 Å². The second-order valence-electron chi connectivity index (χ2n) is 6.06. The fraction of sp³-hybridized carbons (Fsp3) is 0.588. The Labute approximate surface area is 117 Å². The highest BCUT2D eigenvalue weighted by Crippen LogP contribution is 2.30. The highest BCUT2D eigenvalue weighted by Gasteiger charge is 2.26. The predicted molar refractivity (Wildman–Crippen MR) is 79.5 cm³/mol. The molecule has 0 aromatic heterocycles. The third-order valence-electron chi connectivity index (χ3n) is 4.47. The smallest absolute Gasteiger partial charge is 0.314 e. The Hall–Kier alpha value is -1.31. The second kappa shape index (κ2) is 5.77. The number of rotatable bonds is 2. The quantitative estimate of drug-likeness (QED) is 0.575. The standard InChI is InChI=1S/C17H24O2.H2/c1-11-5-7-15(8-6-11)17(18)19-16-9-12(2)14(4)13(3)10-16;/h9-11,15H,5-8H2,1-4H3;1H. The van der Waals surface area contributed by atoms with Crippen LogP contribution in [0.4, 0.5) is 0 Å². The number of hydrogen-bond acceptors (Lipinski definition) is 2. The molecule has 1 aliphatic rings. The number of esters is 1. The van der Waals surface area contributed by atoms with E-state index in [0.29, 0.717) is 5.75 Å². The van der Waals surface area contributed by atoms with Gasteiger partial charge in [-0.1, -0.05) is 6.92 Å². The number of aryl methyl sites for hydroxylation is 2. The van der Waals surface area contributed by atoms with E-state index in [4.69, 9.17) is 4.74 Å². The number of carbonyl (C=O) groups is 1. The Morgan fingerprint density at radius 2 is 1.63 bits per heavy atom. The van der Waals surface area contributed by atoms with Gasteiger partial charge < -0.3 is 4.74 Å². The molecule has 1 aromatic carbocycles. The first-order valence-electron chi connectivity index (χ1n) is 7.27. The third-order valence-corrected chi connectivity index (χ3v) is 4.47. The van der Waals surface area contributed by atoms with Gasteiger partial charge in [-0.2, -0.15) is 0 Å². The van der Waals surface area contributed by atoms with Crippen LogP contribution in [-0.2, 0) is 4.79 Å². The Morgan fingerprint density at radius 3 is 2.16 bits per heavy atom. The fourth-order valence-electron chi connectivity index (χ4n) is 2.75. The van der Waals surface area contributed by atoms with Crippen LogP contribution in [0.15, 0.2) is 12.1 Å². The van der Waals surface area contributed by atoms with E-state index in [9.17, 15) is 4.79 Å². The van der Waals surface area contributed by atoms with Gasteiger partial charge in [0.05, 0.1) is 5.92 Å². The van der Waals surface area contributed by atoms with Gasteiger partial charge in [-0.15, -0.1) is 0 Å². The lowest BCUT2D eigenvalue weighted by Crippen LogP contribution is -2.25. The van der Waals surface area contributed by atoms with Gasteiger partial charge in [0.15, 0.2) is 0 Å². The van der Waals surface area contributed by atoms with Crippen LogP contribution in [0.5, 0.6) is 5.75 Å². The summed E-state index contributed by atoms with van der Waals surface area (Å²) < 4.78 is 5.57. The first-order chi connectivity index (χ1) is 8.97. The van der Waals surface area contributed by atoms with Crippen molar-refractivity contribution >= 4 is 5.97 Å². The Kier molecular flexibility index (Phi) is 4.28. The first kappa shape index (κ1) is 14.1. The van der Waals surface area contributed by atoms with Crippen LogP contribution in [0.25, 0.3) is 0 Å². The molecule has 1 fully saturated rings. The summed E-state index contributed by atoms with van der Waals surface area (Å²) in [6, 6.07) is 3.93. The van der Waals surface area contributed by atoms with Crippen LogP contribution < -0.4 is 4.74 Å². The van der Waals surface area contributed by atoms with Gasteiger partial charge in [0.1, 0.15) is 5.75 Å². The molecule has 0 amide bonds. The normalized spacial score (nSPS) is 23.2. The summed E-state index contributed by atoms with van der Waals surface area (Å²) in [6.07, 6.45) is 4.24. The van der Waals surface area contributed by atoms with Gasteiger partial charge >= 0.3 is 5.97 Å². The molecule has 19 heavy (non-hydrogen) atoms. The molecule has 0 spiro atoms. The molecular formula is C17H26O2. The molecule has 0 unspecified atom stereocenters. The lowest BCUT2D eigenvalue weighted by Gasteiger charge is -2.24. The van der Waals surface area contributed by atoms with Crippen molar-refractivity contribution in [1.29, 1.82) is 0 Å². The van der Waals surface area contributed by atoms with E-state index >= 15 is 0 Å². The minimum Gasteiger partial charge on any atom is -0.426 e. The van der Waals surface area contributed by atoms with Crippen LogP contribution in [0, 0.1) is 32.6 Å². The minimum atomic E-state index is -0.0467. The summed E-state index contributed by atoms with van der Waals surface area (Å²) >= 11 is 0. The summed E-state index contributed by atoms with van der Waals surface area (Å²) in [6.45, 7) is 8.47. The zero-order chi connectivity index (χ0) is 14.0. The van der Waals surface area contributed by atoms with E-state index in [1.54, 1.807) is 0 Å². The molecule has 0 N–H and O–H groups in total. The fourth-order valence-corrected chi connectivity index (χ4v) is 2.75. The maximum Gasteiger partial charge on any atom is 0.314 e. The monoisotopic (exact) mass is 262 g/mol. The molecule has 106 valence electrons. The van der Waals surface area contributed by atoms with Crippen molar-refractivity contribution in [2.75, 3.05) is 0 Å². The van der Waals surface area contributed by atoms with E-state index < -0.39 is 0 Å². The van der Waals surface area contributed by atoms with Crippen LogP contribution >= 0.6 is 0 Å². The Bertz CT molecular complexity index is 451. The van der Waals surface area contributed by atoms with E-state index in [1.807, 2.05) is 12.1 Å². The van der Waals surface area contributed by atoms with Gasteiger partial charge in [0, 0.05) is 1.43 Å². The molecular weight excluding hydrogens is 236 g/mol. The predicted octanol–water partition coefficient (Wildman–Crippen LogP) is 4.59. The summed E-state index contributed by atoms with van der Waals surface area (Å²) in [5.74, 6) is 1.50. The number of hydrogen-bond donors (Lipinski definition) is 0. The number of carbonyl (C=O) groups excluding carboxylic acids is 1. The van der Waals surface area contributed by atoms with Gasteiger partial charge in [-0.05, 0) is 81.2 Å². The lowest BCUT2D eigenvalue weighted by atomic mass is 9.83. The largest absolute Gasteiger partial charge is 0.426 e. The highest BCUT2D eigenvalue weighted by molar-refractivity contribution is 5.75. The summed E-state index contributed by atoms with van der Waals surface area (Å²) in [5, 5.41) is 0. The molecule has 1 saturated carbocycles.